The number of aliphatic hydroxyl groups excluding tert-OH is 1. The number of hydrogen-bond donors (Lipinski definition) is 3. The first-order valence-electron chi connectivity index (χ1n) is 11.6. The zero-order chi connectivity index (χ0) is 23.7. The van der Waals surface area contributed by atoms with Gasteiger partial charge in [-0.05, 0) is 49.4 Å². The van der Waals surface area contributed by atoms with Gasteiger partial charge in [-0.25, -0.2) is 14.6 Å². The molecule has 176 valence electrons. The van der Waals surface area contributed by atoms with E-state index in [-0.39, 0.29) is 6.61 Å². The van der Waals surface area contributed by atoms with Crippen LogP contribution >= 0.6 is 0 Å². The minimum Gasteiger partial charge on any atom is -0.395 e. The Morgan fingerprint density at radius 3 is 2.91 bits per heavy atom. The van der Waals surface area contributed by atoms with Crippen LogP contribution in [0.4, 0.5) is 17.5 Å². The maximum Gasteiger partial charge on any atom is 0.228 e. The minimum atomic E-state index is -0.445. The van der Waals surface area contributed by atoms with Crippen molar-refractivity contribution in [2.75, 3.05) is 37.0 Å². The third-order valence-electron chi connectivity index (χ3n) is 6.78. The van der Waals surface area contributed by atoms with E-state index >= 15 is 0 Å². The van der Waals surface area contributed by atoms with Crippen molar-refractivity contribution in [3.63, 3.8) is 0 Å². The fraction of sp³-hybridized carbons (Fsp3) is 0.440. The first-order valence-corrected chi connectivity index (χ1v) is 11.6. The van der Waals surface area contributed by atoms with E-state index in [1.807, 2.05) is 42.8 Å². The summed E-state index contributed by atoms with van der Waals surface area (Å²) in [5, 5.41) is 31.0. The second-order valence-electron chi connectivity index (χ2n) is 9.43. The predicted molar refractivity (Wildman–Crippen MR) is 129 cm³/mol. The predicted octanol–water partition coefficient (Wildman–Crippen LogP) is 3.37. The lowest BCUT2D eigenvalue weighted by atomic mass is 9.83. The van der Waals surface area contributed by atoms with Gasteiger partial charge in [-0.1, -0.05) is 6.92 Å². The highest BCUT2D eigenvalue weighted by molar-refractivity contribution is 5.76. The molecule has 1 aromatic carbocycles. The fourth-order valence-electron chi connectivity index (χ4n) is 4.72. The largest absolute Gasteiger partial charge is 0.395 e. The lowest BCUT2D eigenvalue weighted by Gasteiger charge is -2.22. The number of benzene rings is 1. The van der Waals surface area contributed by atoms with Crippen LogP contribution in [-0.4, -0.2) is 51.2 Å². The maximum absolute atomic E-state index is 9.98. The molecule has 0 bridgehead atoms. The molecule has 34 heavy (non-hydrogen) atoms. The van der Waals surface area contributed by atoms with E-state index < -0.39 is 5.41 Å². The van der Waals surface area contributed by atoms with Crippen molar-refractivity contribution in [3.05, 3.63) is 47.3 Å². The number of fused-ring (bicyclic) bond motifs is 1. The Labute approximate surface area is 198 Å². The number of nitriles is 1. The first-order chi connectivity index (χ1) is 16.5. The van der Waals surface area contributed by atoms with Gasteiger partial charge in [-0.2, -0.15) is 10.4 Å². The van der Waals surface area contributed by atoms with E-state index in [2.05, 4.69) is 26.8 Å². The molecular weight excluding hydrogens is 430 g/mol. The number of rotatable bonds is 6. The molecule has 2 aliphatic rings. The summed E-state index contributed by atoms with van der Waals surface area (Å²) in [6.45, 7) is 6.97. The number of hydrogen-bond acceptors (Lipinski definition) is 8. The second kappa shape index (κ2) is 9.05. The van der Waals surface area contributed by atoms with Crippen LogP contribution in [0.15, 0.2) is 30.5 Å². The van der Waals surface area contributed by atoms with Crippen LogP contribution in [0.25, 0.3) is 11.3 Å². The molecule has 9 heteroatoms. The molecule has 0 radical (unpaired) electrons. The quantitative estimate of drug-likeness (QED) is 0.513. The molecule has 4 heterocycles. The molecule has 3 aromatic rings. The van der Waals surface area contributed by atoms with Crippen LogP contribution in [0, 0.1) is 24.2 Å². The molecule has 2 aromatic heterocycles. The summed E-state index contributed by atoms with van der Waals surface area (Å²) < 4.78 is 7.47. The van der Waals surface area contributed by atoms with Crippen molar-refractivity contribution in [2.45, 2.75) is 38.6 Å². The monoisotopic (exact) mass is 459 g/mol. The summed E-state index contributed by atoms with van der Waals surface area (Å²) in [5.74, 6) is 1.85. The molecule has 1 unspecified atom stereocenters. The zero-order valence-electron chi connectivity index (χ0n) is 19.5. The lowest BCUT2D eigenvalue weighted by Crippen LogP contribution is -2.28. The van der Waals surface area contributed by atoms with Gasteiger partial charge in [0.05, 0.1) is 29.2 Å². The van der Waals surface area contributed by atoms with Crippen molar-refractivity contribution >= 4 is 17.5 Å². The summed E-state index contributed by atoms with van der Waals surface area (Å²) in [6.07, 6.45) is 3.77. The van der Waals surface area contributed by atoms with E-state index in [1.165, 1.54) is 0 Å². The second-order valence-corrected chi connectivity index (χ2v) is 9.43. The molecule has 0 spiro atoms. The molecule has 9 nitrogen and oxygen atoms in total. The number of nitrogens with one attached hydrogen (secondary N) is 2. The number of ether oxygens (including phenoxy) is 1. The van der Waals surface area contributed by atoms with Crippen LogP contribution in [0.5, 0.6) is 0 Å². The van der Waals surface area contributed by atoms with Crippen LogP contribution in [0.2, 0.25) is 0 Å². The Hall–Kier alpha value is -3.48. The van der Waals surface area contributed by atoms with Crippen LogP contribution in [0.3, 0.4) is 0 Å². The van der Waals surface area contributed by atoms with Crippen molar-refractivity contribution in [3.8, 4) is 17.3 Å². The van der Waals surface area contributed by atoms with E-state index in [1.54, 1.807) is 6.20 Å². The Morgan fingerprint density at radius 2 is 2.15 bits per heavy atom. The van der Waals surface area contributed by atoms with Gasteiger partial charge in [0.25, 0.3) is 0 Å². The third-order valence-corrected chi connectivity index (χ3v) is 6.78. The molecule has 0 saturated carbocycles. The van der Waals surface area contributed by atoms with E-state index in [0.29, 0.717) is 29.7 Å². The summed E-state index contributed by atoms with van der Waals surface area (Å²) in [5.41, 5.74) is 4.28. The normalized spacial score (nSPS) is 19.9. The van der Waals surface area contributed by atoms with Gasteiger partial charge in [0.15, 0.2) is 0 Å². The maximum atomic E-state index is 9.98. The molecular formula is C25H29N7O2. The summed E-state index contributed by atoms with van der Waals surface area (Å²) in [6, 6.07) is 9.95. The molecule has 2 aliphatic heterocycles. The SMILES string of the molecule is Cc1cc(Nc2nccc(-c3cc(C#N)c4c(c3)C(C)(CO)CN4)n2)n(CC2CCOCC2)n1. The van der Waals surface area contributed by atoms with Crippen molar-refractivity contribution in [2.24, 2.45) is 5.92 Å². The lowest BCUT2D eigenvalue weighted by molar-refractivity contribution is 0.0603. The van der Waals surface area contributed by atoms with Gasteiger partial charge in [0, 0.05) is 49.5 Å². The van der Waals surface area contributed by atoms with Gasteiger partial charge in [-0.3, -0.25) is 0 Å². The molecule has 0 amide bonds. The topological polar surface area (TPSA) is 121 Å². The van der Waals surface area contributed by atoms with Gasteiger partial charge in [0.2, 0.25) is 5.95 Å². The summed E-state index contributed by atoms with van der Waals surface area (Å²) in [7, 11) is 0. The number of aliphatic hydroxyl groups is 1. The van der Waals surface area contributed by atoms with Gasteiger partial charge >= 0.3 is 0 Å². The van der Waals surface area contributed by atoms with Crippen molar-refractivity contribution in [1.29, 1.82) is 5.26 Å². The number of aromatic nitrogens is 4. The fourth-order valence-corrected chi connectivity index (χ4v) is 4.72. The summed E-state index contributed by atoms with van der Waals surface area (Å²) in [4.78, 5) is 9.15. The molecule has 0 aliphatic carbocycles. The zero-order valence-corrected chi connectivity index (χ0v) is 19.5. The molecule has 1 atom stereocenters. The average molecular weight is 460 g/mol. The van der Waals surface area contributed by atoms with Crippen LogP contribution in [-0.2, 0) is 16.7 Å². The Balaban J connectivity index is 1.44. The van der Waals surface area contributed by atoms with E-state index in [9.17, 15) is 10.4 Å². The number of nitrogens with zero attached hydrogens (tertiary/aromatic N) is 5. The van der Waals surface area contributed by atoms with Crippen LogP contribution < -0.4 is 10.6 Å². The van der Waals surface area contributed by atoms with Crippen molar-refractivity contribution < 1.29 is 9.84 Å². The molecule has 1 fully saturated rings. The minimum absolute atomic E-state index is 0.00559. The standard InChI is InChI=1S/C25H29N7O2/c1-16-9-22(32(31-16)13-17-4-7-34-8-5-17)30-24-27-6-3-21(29-24)18-10-19(12-26)23-20(11-18)25(2,15-33)14-28-23/h3,6,9-11,17,28,33H,4-5,7-8,13-15H2,1-2H3,(H,27,29,30). The highest BCUT2D eigenvalue weighted by Crippen LogP contribution is 2.41. The average Bonchev–Trinajstić information content (AvgIpc) is 3.38. The van der Waals surface area contributed by atoms with Crippen molar-refractivity contribution in [1.82, 2.24) is 19.7 Å². The highest BCUT2D eigenvalue weighted by Gasteiger charge is 2.36. The third kappa shape index (κ3) is 4.22. The first kappa shape index (κ1) is 22.3. The molecule has 5 rings (SSSR count). The highest BCUT2D eigenvalue weighted by atomic mass is 16.5. The number of anilines is 3. The molecule has 3 N–H and O–H groups in total. The van der Waals surface area contributed by atoms with Gasteiger partial charge < -0.3 is 20.5 Å². The Morgan fingerprint density at radius 1 is 1.32 bits per heavy atom. The Kier molecular flexibility index (Phi) is 5.94. The Bertz CT molecular complexity index is 1240. The summed E-state index contributed by atoms with van der Waals surface area (Å²) >= 11 is 0. The van der Waals surface area contributed by atoms with Crippen LogP contribution in [0.1, 0.15) is 36.6 Å². The van der Waals surface area contributed by atoms with E-state index in [4.69, 9.17) is 9.72 Å². The molecule has 1 saturated heterocycles. The van der Waals surface area contributed by atoms with E-state index in [0.717, 1.165) is 60.9 Å². The smallest absolute Gasteiger partial charge is 0.228 e. The number of aryl methyl sites for hydroxylation is 1. The van der Waals surface area contributed by atoms with Gasteiger partial charge in [-0.15, -0.1) is 0 Å². The van der Waals surface area contributed by atoms with Gasteiger partial charge in [0.1, 0.15) is 11.9 Å².